The van der Waals surface area contributed by atoms with Crippen LogP contribution in [0, 0.1) is 0 Å². The Kier molecular flexibility index (Phi) is 4.26. The van der Waals surface area contributed by atoms with Crippen LogP contribution in [0.25, 0.3) is 0 Å². The number of aryl methyl sites for hydroxylation is 1. The maximum atomic E-state index is 12.7. The molecule has 0 radical (unpaired) electrons. The van der Waals surface area contributed by atoms with E-state index in [1.807, 2.05) is 12.1 Å². The van der Waals surface area contributed by atoms with Gasteiger partial charge in [0.05, 0.1) is 12.9 Å². The van der Waals surface area contributed by atoms with Gasteiger partial charge < -0.3 is 14.2 Å². The van der Waals surface area contributed by atoms with Gasteiger partial charge in [-0.05, 0) is 18.9 Å². The molecule has 0 spiro atoms. The summed E-state index contributed by atoms with van der Waals surface area (Å²) >= 11 is 0. The molecule has 25 heavy (non-hydrogen) atoms. The van der Waals surface area contributed by atoms with Crippen molar-refractivity contribution in [2.45, 2.75) is 30.5 Å². The predicted molar refractivity (Wildman–Crippen MR) is 93.6 cm³/mol. The lowest BCUT2D eigenvalue weighted by Crippen LogP contribution is -2.48. The SMILES string of the molecule is Cn1cnc(S(=O)(=O)N2CCC(N3COCc4ccccc43)CC2)c1. The molecular weight excluding hydrogens is 340 g/mol. The molecule has 0 atom stereocenters. The van der Waals surface area contributed by atoms with Crippen LogP contribution in [0.2, 0.25) is 0 Å². The first kappa shape index (κ1) is 16.6. The maximum Gasteiger partial charge on any atom is 0.262 e. The highest BCUT2D eigenvalue weighted by Crippen LogP contribution is 2.31. The minimum Gasteiger partial charge on any atom is -0.356 e. The van der Waals surface area contributed by atoms with E-state index in [1.165, 1.54) is 17.6 Å². The first-order valence-electron chi connectivity index (χ1n) is 8.46. The van der Waals surface area contributed by atoms with E-state index in [4.69, 9.17) is 4.74 Å². The van der Waals surface area contributed by atoms with E-state index in [-0.39, 0.29) is 11.1 Å². The molecule has 1 saturated heterocycles. The fourth-order valence-electron chi connectivity index (χ4n) is 3.59. The third kappa shape index (κ3) is 3.05. The fraction of sp³-hybridized carbons (Fsp3) is 0.471. The van der Waals surface area contributed by atoms with E-state index in [9.17, 15) is 8.42 Å². The van der Waals surface area contributed by atoms with E-state index < -0.39 is 10.0 Å². The summed E-state index contributed by atoms with van der Waals surface area (Å²) in [6, 6.07) is 8.55. The molecule has 1 aromatic carbocycles. The Morgan fingerprint density at radius 2 is 1.96 bits per heavy atom. The number of nitrogens with zero attached hydrogens (tertiary/aromatic N) is 4. The summed E-state index contributed by atoms with van der Waals surface area (Å²) in [6.45, 7) is 2.21. The zero-order valence-corrected chi connectivity index (χ0v) is 15.0. The van der Waals surface area contributed by atoms with Gasteiger partial charge >= 0.3 is 0 Å². The van der Waals surface area contributed by atoms with Crippen molar-refractivity contribution < 1.29 is 13.2 Å². The van der Waals surface area contributed by atoms with Gasteiger partial charge in [-0.15, -0.1) is 0 Å². The number of benzene rings is 1. The van der Waals surface area contributed by atoms with Crippen LogP contribution in [0.15, 0.2) is 41.8 Å². The summed E-state index contributed by atoms with van der Waals surface area (Å²) in [5, 5.41) is 0.125. The molecular formula is C17H22N4O3S. The molecule has 0 N–H and O–H groups in total. The van der Waals surface area contributed by atoms with Crippen molar-refractivity contribution in [3.63, 3.8) is 0 Å². The molecule has 134 valence electrons. The molecule has 1 fully saturated rings. The first-order valence-corrected chi connectivity index (χ1v) is 9.90. The molecule has 3 heterocycles. The maximum absolute atomic E-state index is 12.7. The minimum atomic E-state index is -3.50. The van der Waals surface area contributed by atoms with Crippen molar-refractivity contribution in [1.29, 1.82) is 0 Å². The van der Waals surface area contributed by atoms with Crippen molar-refractivity contribution in [2.24, 2.45) is 7.05 Å². The average Bonchev–Trinajstić information content (AvgIpc) is 3.09. The number of para-hydroxylation sites is 1. The van der Waals surface area contributed by atoms with Gasteiger partial charge in [0, 0.05) is 43.6 Å². The molecule has 2 aromatic rings. The standard InChI is InChI=1S/C17H22N4O3S/c1-19-10-17(18-12-19)25(22,23)20-8-6-15(7-9-20)21-13-24-11-14-4-2-3-5-16(14)21/h2-5,10,12,15H,6-9,11,13H2,1H3. The molecule has 1 aromatic heterocycles. The van der Waals surface area contributed by atoms with Gasteiger partial charge in [-0.25, -0.2) is 13.4 Å². The number of ether oxygens (including phenoxy) is 1. The Morgan fingerprint density at radius 3 is 2.68 bits per heavy atom. The van der Waals surface area contributed by atoms with Crippen molar-refractivity contribution in [1.82, 2.24) is 13.9 Å². The Labute approximate surface area is 147 Å². The van der Waals surface area contributed by atoms with Crippen LogP contribution in [-0.2, 0) is 28.4 Å². The lowest BCUT2D eigenvalue weighted by Gasteiger charge is -2.41. The van der Waals surface area contributed by atoms with Crippen LogP contribution in [0.5, 0.6) is 0 Å². The fourth-order valence-corrected chi connectivity index (χ4v) is 5.02. The highest BCUT2D eigenvalue weighted by atomic mass is 32.2. The average molecular weight is 362 g/mol. The van der Waals surface area contributed by atoms with Crippen LogP contribution >= 0.6 is 0 Å². The summed E-state index contributed by atoms with van der Waals surface area (Å²) in [5.41, 5.74) is 2.40. The molecule has 0 aliphatic carbocycles. The Balaban J connectivity index is 1.47. The summed E-state index contributed by atoms with van der Waals surface area (Å²) in [7, 11) is -1.73. The number of fused-ring (bicyclic) bond motifs is 1. The molecule has 0 unspecified atom stereocenters. The monoisotopic (exact) mass is 362 g/mol. The third-order valence-corrected chi connectivity index (χ3v) is 6.72. The van der Waals surface area contributed by atoms with Crippen molar-refractivity contribution in [2.75, 3.05) is 24.7 Å². The second-order valence-corrected chi connectivity index (χ2v) is 8.47. The predicted octanol–water partition coefficient (Wildman–Crippen LogP) is 1.57. The van der Waals surface area contributed by atoms with Gasteiger partial charge in [-0.3, -0.25) is 0 Å². The van der Waals surface area contributed by atoms with E-state index in [2.05, 4.69) is 22.0 Å². The summed E-state index contributed by atoms with van der Waals surface area (Å²) in [5.74, 6) is 0. The van der Waals surface area contributed by atoms with Crippen molar-refractivity contribution in [3.8, 4) is 0 Å². The highest BCUT2D eigenvalue weighted by Gasteiger charge is 2.34. The van der Waals surface area contributed by atoms with Crippen LogP contribution in [-0.4, -0.2) is 48.1 Å². The Morgan fingerprint density at radius 1 is 1.20 bits per heavy atom. The van der Waals surface area contributed by atoms with Gasteiger partial charge in [0.25, 0.3) is 10.0 Å². The molecule has 7 nitrogen and oxygen atoms in total. The van der Waals surface area contributed by atoms with Gasteiger partial charge in [0.15, 0.2) is 5.03 Å². The number of piperidine rings is 1. The normalized spacial score (nSPS) is 19.8. The number of hydrogen-bond donors (Lipinski definition) is 0. The first-order chi connectivity index (χ1) is 12.1. The van der Waals surface area contributed by atoms with Crippen LogP contribution in [0.1, 0.15) is 18.4 Å². The van der Waals surface area contributed by atoms with Crippen LogP contribution in [0.3, 0.4) is 0 Å². The topological polar surface area (TPSA) is 67.7 Å². The molecule has 2 aliphatic heterocycles. The Hall–Kier alpha value is -1.90. The smallest absolute Gasteiger partial charge is 0.262 e. The zero-order chi connectivity index (χ0) is 17.4. The van der Waals surface area contributed by atoms with Crippen LogP contribution < -0.4 is 4.90 Å². The van der Waals surface area contributed by atoms with Gasteiger partial charge in [-0.2, -0.15) is 4.31 Å². The Bertz CT molecular complexity index is 856. The van der Waals surface area contributed by atoms with Gasteiger partial charge in [-0.1, -0.05) is 18.2 Å². The van der Waals surface area contributed by atoms with Crippen molar-refractivity contribution in [3.05, 3.63) is 42.4 Å². The van der Waals surface area contributed by atoms with E-state index in [1.54, 1.807) is 22.1 Å². The molecule has 2 aliphatic rings. The number of anilines is 1. The van der Waals surface area contributed by atoms with E-state index in [0.29, 0.717) is 26.4 Å². The largest absolute Gasteiger partial charge is 0.356 e. The number of sulfonamides is 1. The summed E-state index contributed by atoms with van der Waals surface area (Å²) in [6.07, 6.45) is 4.63. The molecule has 8 heteroatoms. The van der Waals surface area contributed by atoms with Gasteiger partial charge in [0.2, 0.25) is 0 Å². The lowest BCUT2D eigenvalue weighted by molar-refractivity contribution is 0.0987. The summed E-state index contributed by atoms with van der Waals surface area (Å²) in [4.78, 5) is 6.27. The second kappa shape index (κ2) is 6.44. The molecule has 0 bridgehead atoms. The van der Waals surface area contributed by atoms with Crippen LogP contribution in [0.4, 0.5) is 5.69 Å². The number of aromatic nitrogens is 2. The second-order valence-electron chi connectivity index (χ2n) is 6.59. The van der Waals surface area contributed by atoms with E-state index >= 15 is 0 Å². The molecule has 0 amide bonds. The highest BCUT2D eigenvalue weighted by molar-refractivity contribution is 7.89. The zero-order valence-electron chi connectivity index (χ0n) is 14.2. The quantitative estimate of drug-likeness (QED) is 0.829. The third-order valence-electron chi connectivity index (χ3n) is 4.94. The van der Waals surface area contributed by atoms with Crippen molar-refractivity contribution >= 4 is 15.7 Å². The number of imidazole rings is 1. The van der Waals surface area contributed by atoms with Gasteiger partial charge in [0.1, 0.15) is 6.73 Å². The minimum absolute atomic E-state index is 0.125. The lowest BCUT2D eigenvalue weighted by atomic mass is 10.0. The number of rotatable bonds is 3. The molecule has 4 rings (SSSR count). The summed E-state index contributed by atoms with van der Waals surface area (Å²) < 4.78 is 34.3. The molecule has 0 saturated carbocycles. The number of hydrogen-bond acceptors (Lipinski definition) is 5. The van der Waals surface area contributed by atoms with E-state index in [0.717, 1.165) is 12.8 Å².